The number of hydrogen-bond donors (Lipinski definition) is 1. The van der Waals surface area contributed by atoms with Crippen LogP contribution in [0.2, 0.25) is 0 Å². The molecule has 3 nitrogen and oxygen atoms in total. The average Bonchev–Trinajstić information content (AvgIpc) is 2.88. The quantitative estimate of drug-likeness (QED) is 0.641. The number of carbonyl (C=O) groups excluding carboxylic acids is 1. The Morgan fingerprint density at radius 2 is 2.17 bits per heavy atom. The monoisotopic (exact) mass is 246 g/mol. The van der Waals surface area contributed by atoms with Crippen LogP contribution < -0.4 is 0 Å². The van der Waals surface area contributed by atoms with Gasteiger partial charge in [-0.1, -0.05) is 36.4 Å². The molecule has 1 aliphatic rings. The van der Waals surface area contributed by atoms with E-state index in [9.17, 15) is 9.90 Å². The highest BCUT2D eigenvalue weighted by molar-refractivity contribution is 5.96. The first-order valence-electron chi connectivity index (χ1n) is 6.25. The van der Waals surface area contributed by atoms with E-state index in [-0.39, 0.29) is 24.4 Å². The summed E-state index contributed by atoms with van der Waals surface area (Å²) in [5.41, 5.74) is 0.634. The van der Waals surface area contributed by atoms with Crippen LogP contribution in [-0.4, -0.2) is 29.2 Å². The van der Waals surface area contributed by atoms with Crippen molar-refractivity contribution in [1.29, 1.82) is 0 Å². The van der Waals surface area contributed by atoms with Crippen molar-refractivity contribution in [2.45, 2.75) is 37.6 Å². The number of aliphatic hydroxyl groups excluding tert-OH is 1. The summed E-state index contributed by atoms with van der Waals surface area (Å²) in [4.78, 5) is 11.9. The van der Waals surface area contributed by atoms with Crippen molar-refractivity contribution < 1.29 is 14.6 Å². The zero-order valence-electron chi connectivity index (χ0n) is 10.3. The molecule has 1 aliphatic heterocycles. The summed E-state index contributed by atoms with van der Waals surface area (Å²) in [5, 5.41) is 10.0. The average molecular weight is 246 g/mol. The van der Waals surface area contributed by atoms with Crippen molar-refractivity contribution in [1.82, 2.24) is 0 Å². The number of rotatable bonds is 5. The molecule has 0 spiro atoms. The van der Waals surface area contributed by atoms with Gasteiger partial charge in [0.25, 0.3) is 0 Å². The number of hydrogen-bond acceptors (Lipinski definition) is 3. The Labute approximate surface area is 107 Å². The SMILES string of the molecule is C=CC1CCC(C(O)CC(=O)c2ccccc2)O1. The molecule has 3 atom stereocenters. The number of benzene rings is 1. The molecular formula is C15H18O3. The van der Waals surface area contributed by atoms with Crippen molar-refractivity contribution in [3.8, 4) is 0 Å². The number of ether oxygens (including phenoxy) is 1. The summed E-state index contributed by atoms with van der Waals surface area (Å²) in [5.74, 6) is -0.0475. The molecule has 2 rings (SSSR count). The summed E-state index contributed by atoms with van der Waals surface area (Å²) in [7, 11) is 0. The van der Waals surface area contributed by atoms with Crippen molar-refractivity contribution in [2.24, 2.45) is 0 Å². The molecular weight excluding hydrogens is 228 g/mol. The summed E-state index contributed by atoms with van der Waals surface area (Å²) in [6.07, 6.45) is 2.52. The number of carbonyl (C=O) groups is 1. The van der Waals surface area contributed by atoms with E-state index in [2.05, 4.69) is 6.58 Å². The van der Waals surface area contributed by atoms with E-state index >= 15 is 0 Å². The van der Waals surface area contributed by atoms with Gasteiger partial charge in [-0.25, -0.2) is 0 Å². The predicted octanol–water partition coefficient (Wildman–Crippen LogP) is 2.35. The molecule has 1 aromatic carbocycles. The topological polar surface area (TPSA) is 46.5 Å². The number of Topliss-reactive ketones (excluding diaryl/α,β-unsaturated/α-hetero) is 1. The van der Waals surface area contributed by atoms with Crippen LogP contribution >= 0.6 is 0 Å². The Bertz CT molecular complexity index is 413. The van der Waals surface area contributed by atoms with Crippen LogP contribution in [0.4, 0.5) is 0 Å². The molecule has 0 amide bonds. The lowest BCUT2D eigenvalue weighted by atomic mass is 10.0. The minimum Gasteiger partial charge on any atom is -0.390 e. The molecule has 3 heteroatoms. The second-order valence-corrected chi connectivity index (χ2v) is 4.59. The maximum Gasteiger partial charge on any atom is 0.165 e. The molecule has 0 radical (unpaired) electrons. The summed E-state index contributed by atoms with van der Waals surface area (Å²) in [6, 6.07) is 9.02. The van der Waals surface area contributed by atoms with Crippen molar-refractivity contribution in [3.05, 3.63) is 48.6 Å². The molecule has 0 saturated carbocycles. The van der Waals surface area contributed by atoms with E-state index in [1.54, 1.807) is 18.2 Å². The van der Waals surface area contributed by atoms with Crippen LogP contribution in [0.25, 0.3) is 0 Å². The molecule has 1 saturated heterocycles. The third kappa shape index (κ3) is 3.06. The molecule has 1 N–H and O–H groups in total. The first-order valence-corrected chi connectivity index (χ1v) is 6.25. The zero-order chi connectivity index (χ0) is 13.0. The third-order valence-electron chi connectivity index (χ3n) is 3.27. The molecule has 18 heavy (non-hydrogen) atoms. The van der Waals surface area contributed by atoms with Gasteiger partial charge in [0.2, 0.25) is 0 Å². The van der Waals surface area contributed by atoms with E-state index in [1.165, 1.54) is 0 Å². The normalized spacial score (nSPS) is 24.7. The first kappa shape index (κ1) is 13.0. The van der Waals surface area contributed by atoms with Gasteiger partial charge in [0, 0.05) is 12.0 Å². The van der Waals surface area contributed by atoms with Gasteiger partial charge >= 0.3 is 0 Å². The van der Waals surface area contributed by atoms with E-state index < -0.39 is 6.10 Å². The van der Waals surface area contributed by atoms with E-state index in [1.807, 2.05) is 18.2 Å². The Balaban J connectivity index is 1.90. The standard InChI is InChI=1S/C15H18O3/c1-2-12-8-9-15(18-12)14(17)10-13(16)11-6-4-3-5-7-11/h2-7,12,14-15,17H,1,8-10H2. The fraction of sp³-hybridized carbons (Fsp3) is 0.400. The van der Waals surface area contributed by atoms with Gasteiger partial charge in [-0.05, 0) is 12.8 Å². The van der Waals surface area contributed by atoms with Crippen LogP contribution in [0.1, 0.15) is 29.6 Å². The molecule has 96 valence electrons. The summed E-state index contributed by atoms with van der Waals surface area (Å²) in [6.45, 7) is 3.67. The first-order chi connectivity index (χ1) is 8.70. The lowest BCUT2D eigenvalue weighted by Gasteiger charge is -2.17. The second-order valence-electron chi connectivity index (χ2n) is 4.59. The lowest BCUT2D eigenvalue weighted by Crippen LogP contribution is -2.28. The van der Waals surface area contributed by atoms with Crippen LogP contribution in [0.5, 0.6) is 0 Å². The van der Waals surface area contributed by atoms with Crippen LogP contribution in [0.15, 0.2) is 43.0 Å². The Morgan fingerprint density at radius 1 is 1.44 bits per heavy atom. The highest BCUT2D eigenvalue weighted by Gasteiger charge is 2.30. The van der Waals surface area contributed by atoms with Crippen LogP contribution in [0.3, 0.4) is 0 Å². The largest absolute Gasteiger partial charge is 0.390 e. The summed E-state index contributed by atoms with van der Waals surface area (Å²) >= 11 is 0. The molecule has 3 unspecified atom stereocenters. The number of ketones is 1. The van der Waals surface area contributed by atoms with Gasteiger partial charge < -0.3 is 9.84 Å². The Kier molecular flexibility index (Phi) is 4.28. The minimum absolute atomic E-state index is 0.0106. The lowest BCUT2D eigenvalue weighted by molar-refractivity contribution is -0.0211. The minimum atomic E-state index is -0.734. The van der Waals surface area contributed by atoms with Crippen molar-refractivity contribution in [3.63, 3.8) is 0 Å². The molecule has 1 aromatic rings. The third-order valence-corrected chi connectivity index (χ3v) is 3.27. The van der Waals surface area contributed by atoms with Gasteiger partial charge in [-0.3, -0.25) is 4.79 Å². The highest BCUT2D eigenvalue weighted by atomic mass is 16.5. The van der Waals surface area contributed by atoms with Gasteiger partial charge in [-0.15, -0.1) is 6.58 Å². The smallest absolute Gasteiger partial charge is 0.165 e. The molecule has 0 aliphatic carbocycles. The molecule has 0 bridgehead atoms. The Morgan fingerprint density at radius 3 is 2.78 bits per heavy atom. The van der Waals surface area contributed by atoms with Crippen molar-refractivity contribution >= 4 is 5.78 Å². The van der Waals surface area contributed by atoms with Crippen molar-refractivity contribution in [2.75, 3.05) is 0 Å². The van der Waals surface area contributed by atoms with E-state index in [0.29, 0.717) is 5.56 Å². The van der Waals surface area contributed by atoms with E-state index in [0.717, 1.165) is 12.8 Å². The maximum atomic E-state index is 11.9. The number of aliphatic hydroxyl groups is 1. The maximum absolute atomic E-state index is 11.9. The van der Waals surface area contributed by atoms with Crippen LogP contribution in [-0.2, 0) is 4.74 Å². The van der Waals surface area contributed by atoms with Gasteiger partial charge in [0.15, 0.2) is 5.78 Å². The zero-order valence-corrected chi connectivity index (χ0v) is 10.3. The Hall–Kier alpha value is -1.45. The molecule has 0 aromatic heterocycles. The summed E-state index contributed by atoms with van der Waals surface area (Å²) < 4.78 is 5.59. The second kappa shape index (κ2) is 5.94. The predicted molar refractivity (Wildman–Crippen MR) is 69.5 cm³/mol. The molecule has 1 fully saturated rings. The van der Waals surface area contributed by atoms with Gasteiger partial charge in [0.1, 0.15) is 0 Å². The molecule has 1 heterocycles. The van der Waals surface area contributed by atoms with Gasteiger partial charge in [-0.2, -0.15) is 0 Å². The van der Waals surface area contributed by atoms with Crippen LogP contribution in [0, 0.1) is 0 Å². The highest BCUT2D eigenvalue weighted by Crippen LogP contribution is 2.24. The fourth-order valence-corrected chi connectivity index (χ4v) is 2.21. The van der Waals surface area contributed by atoms with Gasteiger partial charge in [0.05, 0.1) is 18.3 Å². The fourth-order valence-electron chi connectivity index (χ4n) is 2.21. The van der Waals surface area contributed by atoms with E-state index in [4.69, 9.17) is 4.74 Å².